The number of rotatable bonds is 2. The molecule has 0 saturated carbocycles. The molecule has 0 spiro atoms. The molecule has 14 heavy (non-hydrogen) atoms. The minimum atomic E-state index is -0.389. The fourth-order valence-corrected chi connectivity index (χ4v) is 1.09. The van der Waals surface area contributed by atoms with Gasteiger partial charge in [0.15, 0.2) is 0 Å². The highest BCUT2D eigenvalue weighted by molar-refractivity contribution is 5.94. The third kappa shape index (κ3) is 1.90. The first-order valence-corrected chi connectivity index (χ1v) is 4.15. The van der Waals surface area contributed by atoms with Crippen molar-refractivity contribution in [1.82, 2.24) is 5.06 Å². The zero-order valence-corrected chi connectivity index (χ0v) is 8.37. The lowest BCUT2D eigenvalue weighted by atomic mass is 10.1. The normalized spacial score (nSPS) is 10.0. The van der Waals surface area contributed by atoms with E-state index < -0.39 is 0 Å². The largest absolute Gasteiger partial charge is 0.277 e. The van der Waals surface area contributed by atoms with Crippen LogP contribution in [0.3, 0.4) is 0 Å². The molecule has 0 aliphatic heterocycles. The Hall–Kier alpha value is -1.42. The van der Waals surface area contributed by atoms with Crippen molar-refractivity contribution < 1.29 is 14.0 Å². The van der Waals surface area contributed by atoms with Gasteiger partial charge in [0, 0.05) is 12.6 Å². The lowest BCUT2D eigenvalue weighted by Gasteiger charge is -2.14. The number of carbonyl (C=O) groups is 1. The zero-order chi connectivity index (χ0) is 10.7. The van der Waals surface area contributed by atoms with Crippen LogP contribution in [0.4, 0.5) is 4.39 Å². The van der Waals surface area contributed by atoms with Gasteiger partial charge in [-0.15, -0.1) is 0 Å². The van der Waals surface area contributed by atoms with E-state index in [0.717, 1.165) is 5.06 Å². The molecular formula is C10H12FNO2. The van der Waals surface area contributed by atoms with E-state index in [-0.39, 0.29) is 11.7 Å². The molecule has 1 aromatic carbocycles. The summed E-state index contributed by atoms with van der Waals surface area (Å²) in [5, 5.41) is 1.06. The molecule has 1 amide bonds. The summed E-state index contributed by atoms with van der Waals surface area (Å²) in [7, 11) is 2.86. The molecule has 3 nitrogen and oxygen atoms in total. The number of hydrogen-bond acceptors (Lipinski definition) is 2. The van der Waals surface area contributed by atoms with Gasteiger partial charge < -0.3 is 0 Å². The number of amides is 1. The van der Waals surface area contributed by atoms with Crippen molar-refractivity contribution >= 4 is 5.91 Å². The molecule has 0 unspecified atom stereocenters. The van der Waals surface area contributed by atoms with Gasteiger partial charge in [0.25, 0.3) is 5.91 Å². The molecule has 76 valence electrons. The quantitative estimate of drug-likeness (QED) is 0.676. The Morgan fingerprint density at radius 2 is 2.14 bits per heavy atom. The lowest BCUT2D eigenvalue weighted by Crippen LogP contribution is -2.26. The minimum absolute atomic E-state index is 0.314. The van der Waals surface area contributed by atoms with Crippen LogP contribution in [0.1, 0.15) is 15.9 Å². The van der Waals surface area contributed by atoms with E-state index in [1.165, 1.54) is 26.3 Å². The molecule has 0 atom stereocenters. The second-order valence-corrected chi connectivity index (χ2v) is 2.90. The lowest BCUT2D eigenvalue weighted by molar-refractivity contribution is -0.0757. The highest BCUT2D eigenvalue weighted by atomic mass is 19.1. The summed E-state index contributed by atoms with van der Waals surface area (Å²) in [6.07, 6.45) is 0. The Morgan fingerprint density at radius 1 is 1.50 bits per heavy atom. The van der Waals surface area contributed by atoms with Gasteiger partial charge in [0.05, 0.1) is 7.11 Å². The van der Waals surface area contributed by atoms with Crippen molar-refractivity contribution in [3.63, 3.8) is 0 Å². The summed E-state index contributed by atoms with van der Waals surface area (Å²) in [5.74, 6) is -0.746. The van der Waals surface area contributed by atoms with Crippen LogP contribution in [-0.4, -0.2) is 25.1 Å². The summed E-state index contributed by atoms with van der Waals surface area (Å²) in [4.78, 5) is 16.3. The number of carbonyl (C=O) groups excluding carboxylic acids is 1. The first-order chi connectivity index (χ1) is 6.57. The van der Waals surface area contributed by atoms with Crippen molar-refractivity contribution in [2.45, 2.75) is 6.92 Å². The minimum Gasteiger partial charge on any atom is -0.274 e. The second kappa shape index (κ2) is 4.19. The number of halogens is 1. The SMILES string of the molecule is CON(C)C(=O)c1cccc(F)c1C. The van der Waals surface area contributed by atoms with E-state index in [2.05, 4.69) is 0 Å². The van der Waals surface area contributed by atoms with Gasteiger partial charge in [-0.2, -0.15) is 0 Å². The standard InChI is InChI=1S/C10H12FNO2/c1-7-8(5-4-6-9(7)11)10(13)12(2)14-3/h4-6H,1-3H3. The Balaban J connectivity index is 3.07. The maximum Gasteiger partial charge on any atom is 0.277 e. The molecule has 0 heterocycles. The Bertz CT molecular complexity index is 352. The van der Waals surface area contributed by atoms with Crippen molar-refractivity contribution in [3.8, 4) is 0 Å². The third-order valence-corrected chi connectivity index (χ3v) is 2.06. The van der Waals surface area contributed by atoms with Gasteiger partial charge in [-0.25, -0.2) is 9.45 Å². The summed E-state index contributed by atoms with van der Waals surface area (Å²) in [6, 6.07) is 4.38. The Labute approximate surface area is 82.0 Å². The van der Waals surface area contributed by atoms with Crippen molar-refractivity contribution in [2.24, 2.45) is 0 Å². The molecule has 0 aliphatic carbocycles. The van der Waals surface area contributed by atoms with E-state index >= 15 is 0 Å². The van der Waals surface area contributed by atoms with Crippen LogP contribution in [0.2, 0.25) is 0 Å². The van der Waals surface area contributed by atoms with Crippen molar-refractivity contribution in [1.29, 1.82) is 0 Å². The molecule has 4 heteroatoms. The molecule has 1 rings (SSSR count). The first kappa shape index (κ1) is 10.7. The smallest absolute Gasteiger partial charge is 0.274 e. The van der Waals surface area contributed by atoms with Gasteiger partial charge in [0.2, 0.25) is 0 Å². The van der Waals surface area contributed by atoms with Crippen molar-refractivity contribution in [2.75, 3.05) is 14.2 Å². The maximum absolute atomic E-state index is 13.1. The van der Waals surface area contributed by atoms with Crippen LogP contribution < -0.4 is 0 Å². The van der Waals surface area contributed by atoms with Crippen LogP contribution in [-0.2, 0) is 4.84 Å². The Kier molecular flexibility index (Phi) is 3.19. The second-order valence-electron chi connectivity index (χ2n) is 2.90. The van der Waals surface area contributed by atoms with Gasteiger partial charge in [-0.1, -0.05) is 6.07 Å². The van der Waals surface area contributed by atoms with E-state index in [9.17, 15) is 9.18 Å². The third-order valence-electron chi connectivity index (χ3n) is 2.06. The molecule has 0 radical (unpaired) electrons. The van der Waals surface area contributed by atoms with Crippen LogP contribution in [0.15, 0.2) is 18.2 Å². The summed E-state index contributed by atoms with van der Waals surface area (Å²) in [5.41, 5.74) is 0.649. The van der Waals surface area contributed by atoms with Crippen LogP contribution in [0, 0.1) is 12.7 Å². The average molecular weight is 197 g/mol. The topological polar surface area (TPSA) is 29.5 Å². The van der Waals surface area contributed by atoms with Gasteiger partial charge in [-0.3, -0.25) is 9.63 Å². The van der Waals surface area contributed by atoms with Gasteiger partial charge in [0.1, 0.15) is 5.82 Å². The highest BCUT2D eigenvalue weighted by Gasteiger charge is 2.15. The molecular weight excluding hydrogens is 185 g/mol. The predicted octanol–water partition coefficient (Wildman–Crippen LogP) is 1.77. The number of nitrogens with zero attached hydrogens (tertiary/aromatic N) is 1. The van der Waals surface area contributed by atoms with E-state index in [1.54, 1.807) is 13.0 Å². The molecule has 0 bridgehead atoms. The monoisotopic (exact) mass is 197 g/mol. The van der Waals surface area contributed by atoms with Crippen LogP contribution in [0.25, 0.3) is 0 Å². The van der Waals surface area contributed by atoms with E-state index in [0.29, 0.717) is 11.1 Å². The van der Waals surface area contributed by atoms with Crippen molar-refractivity contribution in [3.05, 3.63) is 35.1 Å². The number of hydrogen-bond donors (Lipinski definition) is 0. The summed E-state index contributed by atoms with van der Waals surface area (Å²) >= 11 is 0. The van der Waals surface area contributed by atoms with E-state index in [1.807, 2.05) is 0 Å². The maximum atomic E-state index is 13.1. The van der Waals surface area contributed by atoms with Crippen LogP contribution in [0.5, 0.6) is 0 Å². The van der Waals surface area contributed by atoms with E-state index in [4.69, 9.17) is 4.84 Å². The molecule has 0 saturated heterocycles. The molecule has 0 N–H and O–H groups in total. The highest BCUT2D eigenvalue weighted by Crippen LogP contribution is 2.13. The fraction of sp³-hybridized carbons (Fsp3) is 0.300. The number of hydroxylamine groups is 2. The summed E-state index contributed by atoms with van der Waals surface area (Å²) < 4.78 is 13.1. The molecule has 0 fully saturated rings. The Morgan fingerprint density at radius 3 is 2.71 bits per heavy atom. The molecule has 0 aliphatic rings. The molecule has 0 aromatic heterocycles. The van der Waals surface area contributed by atoms with Gasteiger partial charge in [-0.05, 0) is 24.6 Å². The zero-order valence-electron chi connectivity index (χ0n) is 8.37. The summed E-state index contributed by atoms with van der Waals surface area (Å²) in [6.45, 7) is 1.56. The predicted molar refractivity (Wildman–Crippen MR) is 50.2 cm³/mol. The molecule has 1 aromatic rings. The first-order valence-electron chi connectivity index (χ1n) is 4.15. The number of benzene rings is 1. The van der Waals surface area contributed by atoms with Gasteiger partial charge >= 0.3 is 0 Å². The average Bonchev–Trinajstić information content (AvgIpc) is 2.20. The van der Waals surface area contributed by atoms with Crippen LogP contribution >= 0.6 is 0 Å². The fourth-order valence-electron chi connectivity index (χ4n) is 1.09.